The summed E-state index contributed by atoms with van der Waals surface area (Å²) < 4.78 is 0. The van der Waals surface area contributed by atoms with Crippen molar-refractivity contribution >= 4 is 11.8 Å². The molecule has 1 aliphatic rings. The molecule has 4 heteroatoms. The quantitative estimate of drug-likeness (QED) is 0.700. The maximum Gasteiger partial charge on any atom is 0.248 e. The molecule has 1 unspecified atom stereocenters. The molecule has 0 aromatic rings. The van der Waals surface area contributed by atoms with Crippen LogP contribution in [0.25, 0.3) is 0 Å². The molecule has 1 aliphatic heterocycles. The van der Waals surface area contributed by atoms with Crippen LogP contribution in [0.5, 0.6) is 0 Å². The van der Waals surface area contributed by atoms with Crippen LogP contribution in [0.1, 0.15) is 73.1 Å². The molecular formula is C17H32N2O2. The van der Waals surface area contributed by atoms with Crippen LogP contribution >= 0.6 is 0 Å². The summed E-state index contributed by atoms with van der Waals surface area (Å²) in [5.74, 6) is 0.181. The number of amides is 2. The van der Waals surface area contributed by atoms with Gasteiger partial charge in [0.05, 0.1) is 0 Å². The molecule has 0 radical (unpaired) electrons. The number of nitrogens with zero attached hydrogens (tertiary/aromatic N) is 1. The molecule has 0 aromatic heterocycles. The first-order valence-corrected chi connectivity index (χ1v) is 8.44. The van der Waals surface area contributed by atoms with Gasteiger partial charge in [-0.3, -0.25) is 9.59 Å². The number of hydrogen-bond donors (Lipinski definition) is 1. The van der Waals surface area contributed by atoms with Crippen molar-refractivity contribution in [3.05, 3.63) is 0 Å². The molecule has 1 heterocycles. The molecule has 21 heavy (non-hydrogen) atoms. The number of carbonyl (C=O) groups is 2. The summed E-state index contributed by atoms with van der Waals surface area (Å²) >= 11 is 0. The molecule has 0 spiro atoms. The van der Waals surface area contributed by atoms with Gasteiger partial charge in [0, 0.05) is 6.54 Å². The standard InChI is InChI=1S/C17H32N2O2/c1-6-7-8-9-10-11-12-19-14(13(2)3)15(20)18-17(4,5)16(19)21/h13-14H,6-12H2,1-5H3,(H,18,20). The third-order valence-corrected chi connectivity index (χ3v) is 4.22. The topological polar surface area (TPSA) is 49.4 Å². The highest BCUT2D eigenvalue weighted by Gasteiger charge is 2.45. The third kappa shape index (κ3) is 4.72. The second-order valence-electron chi connectivity index (χ2n) is 7.07. The Morgan fingerprint density at radius 2 is 1.67 bits per heavy atom. The van der Waals surface area contributed by atoms with Gasteiger partial charge in [0.2, 0.25) is 11.8 Å². The van der Waals surface area contributed by atoms with Gasteiger partial charge in [-0.25, -0.2) is 0 Å². The molecule has 1 N–H and O–H groups in total. The van der Waals surface area contributed by atoms with Crippen molar-refractivity contribution in [2.75, 3.05) is 6.54 Å². The number of hydrogen-bond acceptors (Lipinski definition) is 2. The zero-order chi connectivity index (χ0) is 16.0. The second kappa shape index (κ2) is 7.81. The fraction of sp³-hybridized carbons (Fsp3) is 0.882. The SMILES string of the molecule is CCCCCCCCN1C(=O)C(C)(C)NC(=O)C1C(C)C. The molecule has 1 rings (SSSR count). The monoisotopic (exact) mass is 296 g/mol. The Morgan fingerprint density at radius 1 is 1.10 bits per heavy atom. The number of nitrogens with one attached hydrogen (secondary N) is 1. The van der Waals surface area contributed by atoms with Gasteiger partial charge in [0.25, 0.3) is 0 Å². The first-order valence-electron chi connectivity index (χ1n) is 8.44. The van der Waals surface area contributed by atoms with Gasteiger partial charge >= 0.3 is 0 Å². The third-order valence-electron chi connectivity index (χ3n) is 4.22. The lowest BCUT2D eigenvalue weighted by atomic mass is 9.91. The van der Waals surface area contributed by atoms with Crippen LogP contribution < -0.4 is 5.32 Å². The summed E-state index contributed by atoms with van der Waals surface area (Å²) in [4.78, 5) is 26.7. The maximum atomic E-state index is 12.6. The van der Waals surface area contributed by atoms with E-state index >= 15 is 0 Å². The summed E-state index contributed by atoms with van der Waals surface area (Å²) in [6.07, 6.45) is 7.14. The number of unbranched alkanes of at least 4 members (excludes halogenated alkanes) is 5. The van der Waals surface area contributed by atoms with Crippen LogP contribution in [-0.4, -0.2) is 34.8 Å². The smallest absolute Gasteiger partial charge is 0.248 e. The van der Waals surface area contributed by atoms with Crippen LogP contribution in [0.15, 0.2) is 0 Å². The largest absolute Gasteiger partial charge is 0.340 e. The van der Waals surface area contributed by atoms with E-state index in [9.17, 15) is 9.59 Å². The van der Waals surface area contributed by atoms with Crippen molar-refractivity contribution in [3.63, 3.8) is 0 Å². The Kier molecular flexibility index (Phi) is 6.69. The zero-order valence-electron chi connectivity index (χ0n) is 14.4. The van der Waals surface area contributed by atoms with E-state index in [1.165, 1.54) is 25.7 Å². The first-order chi connectivity index (χ1) is 9.81. The van der Waals surface area contributed by atoms with Gasteiger partial charge in [-0.1, -0.05) is 52.9 Å². The van der Waals surface area contributed by atoms with Gasteiger partial charge in [-0.15, -0.1) is 0 Å². The highest BCUT2D eigenvalue weighted by molar-refractivity contribution is 5.99. The summed E-state index contributed by atoms with van der Waals surface area (Å²) in [5.41, 5.74) is -0.773. The highest BCUT2D eigenvalue weighted by Crippen LogP contribution is 2.23. The maximum absolute atomic E-state index is 12.6. The van der Waals surface area contributed by atoms with Crippen molar-refractivity contribution in [3.8, 4) is 0 Å². The second-order valence-corrected chi connectivity index (χ2v) is 7.07. The van der Waals surface area contributed by atoms with Crippen molar-refractivity contribution in [2.24, 2.45) is 5.92 Å². The normalized spacial score (nSPS) is 21.8. The predicted octanol–water partition coefficient (Wildman–Crippen LogP) is 3.11. The number of piperazine rings is 1. The van der Waals surface area contributed by atoms with E-state index in [1.54, 1.807) is 13.8 Å². The molecule has 1 atom stereocenters. The van der Waals surface area contributed by atoms with E-state index in [-0.39, 0.29) is 23.8 Å². The molecule has 1 fully saturated rings. The average Bonchev–Trinajstić information content (AvgIpc) is 2.38. The minimum atomic E-state index is -0.773. The van der Waals surface area contributed by atoms with Gasteiger partial charge in [0.15, 0.2) is 0 Å². The van der Waals surface area contributed by atoms with Crippen LogP contribution in [0, 0.1) is 5.92 Å². The van der Waals surface area contributed by atoms with E-state index in [2.05, 4.69) is 12.2 Å². The summed E-state index contributed by atoms with van der Waals surface area (Å²) in [6.45, 7) is 10.5. The van der Waals surface area contributed by atoms with Crippen LogP contribution in [0.3, 0.4) is 0 Å². The van der Waals surface area contributed by atoms with Gasteiger partial charge < -0.3 is 10.2 Å². The Balaban J connectivity index is 2.60. The molecule has 122 valence electrons. The number of carbonyl (C=O) groups excluding carboxylic acids is 2. The molecular weight excluding hydrogens is 264 g/mol. The highest BCUT2D eigenvalue weighted by atomic mass is 16.2. The Bertz CT molecular complexity index is 364. The molecule has 0 saturated carbocycles. The minimum absolute atomic E-state index is 0.0133. The Morgan fingerprint density at radius 3 is 2.24 bits per heavy atom. The van der Waals surface area contributed by atoms with E-state index in [4.69, 9.17) is 0 Å². The van der Waals surface area contributed by atoms with Crippen LogP contribution in [0.2, 0.25) is 0 Å². The summed E-state index contributed by atoms with van der Waals surface area (Å²) in [5, 5.41) is 2.85. The van der Waals surface area contributed by atoms with Crippen molar-refractivity contribution in [2.45, 2.75) is 84.7 Å². The summed E-state index contributed by atoms with van der Waals surface area (Å²) in [7, 11) is 0. The Labute approximate surface area is 129 Å². The summed E-state index contributed by atoms with van der Waals surface area (Å²) in [6, 6.07) is -0.318. The van der Waals surface area contributed by atoms with Gasteiger partial charge in [0.1, 0.15) is 11.6 Å². The van der Waals surface area contributed by atoms with E-state index in [0.29, 0.717) is 6.54 Å². The molecule has 0 bridgehead atoms. The fourth-order valence-corrected chi connectivity index (χ4v) is 3.03. The molecule has 4 nitrogen and oxygen atoms in total. The molecule has 0 aromatic carbocycles. The van der Waals surface area contributed by atoms with E-state index in [0.717, 1.165) is 12.8 Å². The molecule has 0 aliphatic carbocycles. The molecule has 2 amide bonds. The Hall–Kier alpha value is -1.06. The van der Waals surface area contributed by atoms with E-state index < -0.39 is 5.54 Å². The van der Waals surface area contributed by atoms with E-state index in [1.807, 2.05) is 18.7 Å². The average molecular weight is 296 g/mol. The fourth-order valence-electron chi connectivity index (χ4n) is 3.03. The van der Waals surface area contributed by atoms with Crippen LogP contribution in [0.4, 0.5) is 0 Å². The lowest BCUT2D eigenvalue weighted by Crippen LogP contribution is -2.69. The van der Waals surface area contributed by atoms with Crippen LogP contribution in [-0.2, 0) is 9.59 Å². The van der Waals surface area contributed by atoms with Crippen molar-refractivity contribution < 1.29 is 9.59 Å². The molecule has 1 saturated heterocycles. The lowest BCUT2D eigenvalue weighted by Gasteiger charge is -2.44. The van der Waals surface area contributed by atoms with Gasteiger partial charge in [-0.2, -0.15) is 0 Å². The number of rotatable bonds is 8. The zero-order valence-corrected chi connectivity index (χ0v) is 14.4. The van der Waals surface area contributed by atoms with Crippen molar-refractivity contribution in [1.29, 1.82) is 0 Å². The predicted molar refractivity (Wildman–Crippen MR) is 85.9 cm³/mol. The lowest BCUT2D eigenvalue weighted by molar-refractivity contribution is -0.155. The van der Waals surface area contributed by atoms with Gasteiger partial charge in [-0.05, 0) is 26.2 Å². The minimum Gasteiger partial charge on any atom is -0.340 e. The first kappa shape index (κ1) is 18.0. The van der Waals surface area contributed by atoms with Crippen molar-refractivity contribution in [1.82, 2.24) is 10.2 Å².